The first-order valence-electron chi connectivity index (χ1n) is 7.38. The summed E-state index contributed by atoms with van der Waals surface area (Å²) in [6.45, 7) is 8.86. The summed E-state index contributed by atoms with van der Waals surface area (Å²) in [5, 5.41) is 7.33. The van der Waals surface area contributed by atoms with Crippen molar-refractivity contribution in [1.82, 2.24) is 10.6 Å². The lowest BCUT2D eigenvalue weighted by Crippen LogP contribution is -2.38. The van der Waals surface area contributed by atoms with Gasteiger partial charge in [0.15, 0.2) is 0 Å². The fourth-order valence-corrected chi connectivity index (χ4v) is 2.15. The van der Waals surface area contributed by atoms with E-state index in [2.05, 4.69) is 31.4 Å². The first-order chi connectivity index (χ1) is 9.85. The average Bonchev–Trinajstić information content (AvgIpc) is 2.80. The molecule has 0 fully saturated rings. The molecule has 0 aliphatic heterocycles. The Morgan fingerprint density at radius 1 is 1.29 bits per heavy atom. The Hall–Kier alpha value is -1.81. The molecular formula is C17H24N2O2. The van der Waals surface area contributed by atoms with Gasteiger partial charge in [-0.3, -0.25) is 4.79 Å². The normalized spacial score (nSPS) is 13.3. The number of amides is 1. The highest BCUT2D eigenvalue weighted by molar-refractivity contribution is 5.79. The molecule has 0 spiro atoms. The lowest BCUT2D eigenvalue weighted by atomic mass is 10.1. The molecule has 0 aliphatic carbocycles. The summed E-state index contributed by atoms with van der Waals surface area (Å²) in [6, 6.07) is 9.71. The van der Waals surface area contributed by atoms with Crippen LogP contribution >= 0.6 is 0 Å². The van der Waals surface area contributed by atoms with Crippen LogP contribution in [0.2, 0.25) is 0 Å². The van der Waals surface area contributed by atoms with E-state index in [1.54, 1.807) is 0 Å². The molecule has 1 aromatic heterocycles. The second-order valence-corrected chi connectivity index (χ2v) is 6.40. The van der Waals surface area contributed by atoms with Gasteiger partial charge in [-0.1, -0.05) is 18.2 Å². The van der Waals surface area contributed by atoms with Gasteiger partial charge in [0.25, 0.3) is 0 Å². The van der Waals surface area contributed by atoms with E-state index in [0.29, 0.717) is 13.0 Å². The Morgan fingerprint density at radius 2 is 2.00 bits per heavy atom. The number of fused-ring (bicyclic) bond motifs is 1. The highest BCUT2D eigenvalue weighted by atomic mass is 16.3. The molecule has 0 saturated heterocycles. The van der Waals surface area contributed by atoms with Gasteiger partial charge < -0.3 is 15.1 Å². The SMILES string of the molecule is CC(NC(=O)CCNC(C)(C)C)c1cc2ccccc2o1. The zero-order chi connectivity index (χ0) is 15.5. The molecule has 0 bridgehead atoms. The van der Waals surface area contributed by atoms with Gasteiger partial charge >= 0.3 is 0 Å². The summed E-state index contributed by atoms with van der Waals surface area (Å²) >= 11 is 0. The van der Waals surface area contributed by atoms with Crippen LogP contribution in [0.1, 0.15) is 45.9 Å². The first-order valence-corrected chi connectivity index (χ1v) is 7.38. The van der Waals surface area contributed by atoms with E-state index in [-0.39, 0.29) is 17.5 Å². The monoisotopic (exact) mass is 288 g/mol. The van der Waals surface area contributed by atoms with Crippen LogP contribution < -0.4 is 10.6 Å². The predicted molar refractivity (Wildman–Crippen MR) is 85.1 cm³/mol. The molecule has 1 amide bonds. The molecule has 114 valence electrons. The number of carbonyl (C=O) groups excluding carboxylic acids is 1. The molecule has 1 atom stereocenters. The molecule has 2 N–H and O–H groups in total. The van der Waals surface area contributed by atoms with Crippen LogP contribution in [-0.2, 0) is 4.79 Å². The van der Waals surface area contributed by atoms with E-state index < -0.39 is 0 Å². The van der Waals surface area contributed by atoms with Crippen LogP contribution in [0.25, 0.3) is 11.0 Å². The molecule has 4 nitrogen and oxygen atoms in total. The summed E-state index contributed by atoms with van der Waals surface area (Å²) in [6.07, 6.45) is 0.460. The molecule has 0 aliphatic rings. The van der Waals surface area contributed by atoms with Gasteiger partial charge in [-0.15, -0.1) is 0 Å². The van der Waals surface area contributed by atoms with Crippen LogP contribution in [0.3, 0.4) is 0 Å². The van der Waals surface area contributed by atoms with E-state index in [1.807, 2.05) is 37.3 Å². The fourth-order valence-electron chi connectivity index (χ4n) is 2.15. The molecule has 2 aromatic rings. The van der Waals surface area contributed by atoms with Crippen LogP contribution in [0, 0.1) is 0 Å². The first kappa shape index (κ1) is 15.6. The van der Waals surface area contributed by atoms with Gasteiger partial charge in [-0.2, -0.15) is 0 Å². The third-order valence-electron chi connectivity index (χ3n) is 3.26. The standard InChI is InChI=1S/C17H24N2O2/c1-12(19-16(20)9-10-18-17(2,3)4)15-11-13-7-5-6-8-14(13)21-15/h5-8,11-12,18H,9-10H2,1-4H3,(H,19,20). The van der Waals surface area contributed by atoms with Crippen LogP contribution in [0.4, 0.5) is 0 Å². The van der Waals surface area contributed by atoms with E-state index in [1.165, 1.54) is 0 Å². The Labute approximate surface area is 125 Å². The highest BCUT2D eigenvalue weighted by Gasteiger charge is 2.15. The number of furan rings is 1. The van der Waals surface area contributed by atoms with Gasteiger partial charge in [0.1, 0.15) is 11.3 Å². The minimum absolute atomic E-state index is 0.0275. The maximum Gasteiger partial charge on any atom is 0.221 e. The summed E-state index contributed by atoms with van der Waals surface area (Å²) in [5.74, 6) is 0.813. The highest BCUT2D eigenvalue weighted by Crippen LogP contribution is 2.23. The van der Waals surface area contributed by atoms with E-state index >= 15 is 0 Å². The third kappa shape index (κ3) is 4.60. The molecule has 1 aromatic carbocycles. The number of hydrogen-bond acceptors (Lipinski definition) is 3. The number of nitrogens with one attached hydrogen (secondary N) is 2. The number of rotatable bonds is 5. The minimum atomic E-state index is -0.125. The lowest BCUT2D eigenvalue weighted by Gasteiger charge is -2.20. The number of carbonyl (C=O) groups is 1. The lowest BCUT2D eigenvalue weighted by molar-refractivity contribution is -0.121. The Kier molecular flexibility index (Phi) is 4.68. The maximum absolute atomic E-state index is 11.9. The smallest absolute Gasteiger partial charge is 0.221 e. The fraction of sp³-hybridized carbons (Fsp3) is 0.471. The van der Waals surface area contributed by atoms with Crippen molar-refractivity contribution in [2.45, 2.75) is 45.7 Å². The van der Waals surface area contributed by atoms with Gasteiger partial charge in [-0.05, 0) is 39.8 Å². The van der Waals surface area contributed by atoms with E-state index in [4.69, 9.17) is 4.42 Å². The molecule has 2 rings (SSSR count). The number of benzene rings is 1. The topological polar surface area (TPSA) is 54.3 Å². The second-order valence-electron chi connectivity index (χ2n) is 6.40. The molecule has 1 unspecified atom stereocenters. The molecule has 21 heavy (non-hydrogen) atoms. The number of hydrogen-bond donors (Lipinski definition) is 2. The number of para-hydroxylation sites is 1. The molecule has 4 heteroatoms. The van der Waals surface area contributed by atoms with Crippen LogP contribution in [-0.4, -0.2) is 18.0 Å². The predicted octanol–water partition coefficient (Wildman–Crippen LogP) is 3.39. The average molecular weight is 288 g/mol. The van der Waals surface area contributed by atoms with Crippen LogP contribution in [0.15, 0.2) is 34.7 Å². The summed E-state index contributed by atoms with van der Waals surface area (Å²) in [7, 11) is 0. The summed E-state index contributed by atoms with van der Waals surface area (Å²) < 4.78 is 5.76. The molecule has 0 saturated carbocycles. The van der Waals surface area contributed by atoms with Gasteiger partial charge in [-0.25, -0.2) is 0 Å². The zero-order valence-corrected chi connectivity index (χ0v) is 13.2. The van der Waals surface area contributed by atoms with Crippen molar-refractivity contribution in [2.24, 2.45) is 0 Å². The molecule has 0 radical (unpaired) electrons. The second kappa shape index (κ2) is 6.31. The van der Waals surface area contributed by atoms with Crippen molar-refractivity contribution in [3.8, 4) is 0 Å². The summed E-state index contributed by atoms with van der Waals surface area (Å²) in [5.41, 5.74) is 0.882. The van der Waals surface area contributed by atoms with Gasteiger partial charge in [0.05, 0.1) is 6.04 Å². The van der Waals surface area contributed by atoms with Crippen molar-refractivity contribution in [3.63, 3.8) is 0 Å². The van der Waals surface area contributed by atoms with E-state index in [0.717, 1.165) is 16.7 Å². The third-order valence-corrected chi connectivity index (χ3v) is 3.26. The van der Waals surface area contributed by atoms with Gasteiger partial charge in [0, 0.05) is 23.9 Å². The van der Waals surface area contributed by atoms with Crippen molar-refractivity contribution in [3.05, 3.63) is 36.1 Å². The quantitative estimate of drug-likeness (QED) is 0.886. The van der Waals surface area contributed by atoms with E-state index in [9.17, 15) is 4.79 Å². The Morgan fingerprint density at radius 3 is 2.67 bits per heavy atom. The van der Waals surface area contributed by atoms with Crippen LogP contribution in [0.5, 0.6) is 0 Å². The zero-order valence-electron chi connectivity index (χ0n) is 13.2. The summed E-state index contributed by atoms with van der Waals surface area (Å²) in [4.78, 5) is 11.9. The van der Waals surface area contributed by atoms with Gasteiger partial charge in [0.2, 0.25) is 5.91 Å². The van der Waals surface area contributed by atoms with Crippen molar-refractivity contribution in [1.29, 1.82) is 0 Å². The van der Waals surface area contributed by atoms with Crippen molar-refractivity contribution < 1.29 is 9.21 Å². The maximum atomic E-state index is 11.9. The Bertz CT molecular complexity index is 578. The minimum Gasteiger partial charge on any atom is -0.459 e. The van der Waals surface area contributed by atoms with Crippen molar-refractivity contribution >= 4 is 16.9 Å². The Balaban J connectivity index is 1.88. The molecular weight excluding hydrogens is 264 g/mol. The largest absolute Gasteiger partial charge is 0.459 e. The van der Waals surface area contributed by atoms with Crippen molar-refractivity contribution in [2.75, 3.05) is 6.54 Å². The molecule has 1 heterocycles.